The van der Waals surface area contributed by atoms with Crippen LogP contribution in [0.4, 0.5) is 0 Å². The van der Waals surface area contributed by atoms with Crippen molar-refractivity contribution < 1.29 is 9.90 Å². The number of nitrogens with one attached hydrogen (secondary N) is 1. The van der Waals surface area contributed by atoms with Crippen LogP contribution in [0, 0.1) is 5.92 Å². The Balaban J connectivity index is 3.96. The summed E-state index contributed by atoms with van der Waals surface area (Å²) in [4.78, 5) is 11.9. The van der Waals surface area contributed by atoms with Crippen molar-refractivity contribution >= 4 is 5.91 Å². The number of rotatable bonds is 8. The lowest BCUT2D eigenvalue weighted by atomic mass is 9.97. The molecule has 0 rings (SSSR count). The van der Waals surface area contributed by atoms with Gasteiger partial charge in [0.2, 0.25) is 5.91 Å². The highest BCUT2D eigenvalue weighted by molar-refractivity contribution is 5.78. The minimum Gasteiger partial charge on any atom is -0.396 e. The van der Waals surface area contributed by atoms with Gasteiger partial charge in [0.05, 0.1) is 0 Å². The number of hydrogen-bond donors (Lipinski definition) is 3. The summed E-state index contributed by atoms with van der Waals surface area (Å²) in [5.74, 6) is 0.0693. The topological polar surface area (TPSA) is 75.4 Å². The molecule has 102 valence electrons. The minimum atomic E-state index is -0.332. The third kappa shape index (κ3) is 8.16. The molecule has 0 spiro atoms. The van der Waals surface area contributed by atoms with Crippen LogP contribution in [0.2, 0.25) is 0 Å². The van der Waals surface area contributed by atoms with Crippen LogP contribution in [0.5, 0.6) is 0 Å². The van der Waals surface area contributed by atoms with Gasteiger partial charge in [0.1, 0.15) is 0 Å². The van der Waals surface area contributed by atoms with E-state index in [2.05, 4.69) is 5.32 Å². The predicted molar refractivity (Wildman–Crippen MR) is 70.6 cm³/mol. The van der Waals surface area contributed by atoms with Crippen LogP contribution >= 0.6 is 0 Å². The Morgan fingerprint density at radius 1 is 1.35 bits per heavy atom. The van der Waals surface area contributed by atoms with E-state index in [1.165, 1.54) is 0 Å². The standard InChI is InChI=1S/C13H28N2O2/c1-10(6-5-7-11(2)14)12(17)15-13(3,4)8-9-16/h10-11,16H,5-9,14H2,1-4H3,(H,15,17). The Morgan fingerprint density at radius 2 is 1.94 bits per heavy atom. The van der Waals surface area contributed by atoms with Crippen LogP contribution in [0.3, 0.4) is 0 Å². The van der Waals surface area contributed by atoms with Crippen LogP contribution in [-0.2, 0) is 4.79 Å². The lowest BCUT2D eigenvalue weighted by Crippen LogP contribution is -2.46. The van der Waals surface area contributed by atoms with Crippen molar-refractivity contribution in [2.75, 3.05) is 6.61 Å². The molecule has 4 N–H and O–H groups in total. The fourth-order valence-corrected chi connectivity index (χ4v) is 1.68. The van der Waals surface area contributed by atoms with Crippen molar-refractivity contribution in [3.05, 3.63) is 0 Å². The predicted octanol–water partition coefficient (Wildman–Crippen LogP) is 1.42. The summed E-state index contributed by atoms with van der Waals surface area (Å²) in [7, 11) is 0. The first-order valence-corrected chi connectivity index (χ1v) is 6.47. The van der Waals surface area contributed by atoms with Gasteiger partial charge in [-0.25, -0.2) is 0 Å². The van der Waals surface area contributed by atoms with E-state index < -0.39 is 0 Å². The Morgan fingerprint density at radius 3 is 2.41 bits per heavy atom. The number of aliphatic hydroxyl groups excluding tert-OH is 1. The summed E-state index contributed by atoms with van der Waals surface area (Å²) < 4.78 is 0. The summed E-state index contributed by atoms with van der Waals surface area (Å²) in [5.41, 5.74) is 5.34. The van der Waals surface area contributed by atoms with Gasteiger partial charge in [-0.2, -0.15) is 0 Å². The van der Waals surface area contributed by atoms with Gasteiger partial charge in [0, 0.05) is 24.1 Å². The molecule has 0 aliphatic heterocycles. The van der Waals surface area contributed by atoms with Gasteiger partial charge in [-0.05, 0) is 40.0 Å². The summed E-state index contributed by atoms with van der Waals surface area (Å²) in [6.45, 7) is 7.86. The van der Waals surface area contributed by atoms with Gasteiger partial charge in [-0.15, -0.1) is 0 Å². The molecular formula is C13H28N2O2. The third-order valence-corrected chi connectivity index (χ3v) is 2.94. The highest BCUT2D eigenvalue weighted by Crippen LogP contribution is 2.13. The zero-order valence-electron chi connectivity index (χ0n) is 11.6. The van der Waals surface area contributed by atoms with Crippen molar-refractivity contribution in [2.24, 2.45) is 11.7 Å². The van der Waals surface area contributed by atoms with Crippen LogP contribution in [0.15, 0.2) is 0 Å². The van der Waals surface area contributed by atoms with E-state index in [1.807, 2.05) is 27.7 Å². The maximum Gasteiger partial charge on any atom is 0.223 e. The number of amides is 1. The van der Waals surface area contributed by atoms with Crippen molar-refractivity contribution in [1.29, 1.82) is 0 Å². The third-order valence-electron chi connectivity index (χ3n) is 2.94. The molecule has 0 aromatic rings. The average Bonchev–Trinajstić information content (AvgIpc) is 2.15. The van der Waals surface area contributed by atoms with Gasteiger partial charge in [-0.1, -0.05) is 13.3 Å². The molecule has 0 fully saturated rings. The van der Waals surface area contributed by atoms with E-state index in [9.17, 15) is 4.79 Å². The SMILES string of the molecule is CC(N)CCCC(C)C(=O)NC(C)(C)CCO. The molecule has 17 heavy (non-hydrogen) atoms. The Kier molecular flexibility index (Phi) is 7.39. The number of carbonyl (C=O) groups excluding carboxylic acids is 1. The fraction of sp³-hybridized carbons (Fsp3) is 0.923. The lowest BCUT2D eigenvalue weighted by molar-refractivity contribution is -0.126. The van der Waals surface area contributed by atoms with Crippen LogP contribution in [-0.4, -0.2) is 29.2 Å². The van der Waals surface area contributed by atoms with Gasteiger partial charge >= 0.3 is 0 Å². The zero-order valence-corrected chi connectivity index (χ0v) is 11.6. The molecule has 0 radical (unpaired) electrons. The van der Waals surface area contributed by atoms with Crippen molar-refractivity contribution in [3.8, 4) is 0 Å². The Labute approximate surface area is 105 Å². The van der Waals surface area contributed by atoms with E-state index in [4.69, 9.17) is 10.8 Å². The summed E-state index contributed by atoms with van der Waals surface area (Å²) in [6, 6.07) is 0.205. The molecule has 4 nitrogen and oxygen atoms in total. The van der Waals surface area contributed by atoms with E-state index in [1.54, 1.807) is 0 Å². The lowest BCUT2D eigenvalue weighted by Gasteiger charge is -2.27. The van der Waals surface area contributed by atoms with Crippen LogP contribution in [0.25, 0.3) is 0 Å². The molecule has 2 unspecified atom stereocenters. The molecule has 0 aromatic heterocycles. The molecular weight excluding hydrogens is 216 g/mol. The average molecular weight is 244 g/mol. The van der Waals surface area contributed by atoms with Gasteiger partial charge in [0.15, 0.2) is 0 Å². The molecule has 4 heteroatoms. The van der Waals surface area contributed by atoms with E-state index >= 15 is 0 Å². The molecule has 0 saturated carbocycles. The second kappa shape index (κ2) is 7.67. The molecule has 0 aliphatic rings. The molecule has 0 saturated heterocycles. The molecule has 1 amide bonds. The molecule has 0 heterocycles. The van der Waals surface area contributed by atoms with E-state index in [0.29, 0.717) is 6.42 Å². The van der Waals surface area contributed by atoms with Crippen LogP contribution in [0.1, 0.15) is 53.4 Å². The van der Waals surface area contributed by atoms with Crippen molar-refractivity contribution in [2.45, 2.75) is 65.0 Å². The molecule has 2 atom stereocenters. The molecule has 0 bridgehead atoms. The quantitative estimate of drug-likeness (QED) is 0.604. The van der Waals surface area contributed by atoms with Crippen LogP contribution < -0.4 is 11.1 Å². The Hall–Kier alpha value is -0.610. The summed E-state index contributed by atoms with van der Waals surface area (Å²) in [6.07, 6.45) is 3.37. The zero-order chi connectivity index (χ0) is 13.5. The second-order valence-electron chi connectivity index (χ2n) is 5.66. The highest BCUT2D eigenvalue weighted by atomic mass is 16.3. The largest absolute Gasteiger partial charge is 0.396 e. The normalized spacial score (nSPS) is 15.4. The summed E-state index contributed by atoms with van der Waals surface area (Å²) in [5, 5.41) is 11.9. The number of aliphatic hydroxyl groups is 1. The first kappa shape index (κ1) is 16.4. The molecule has 0 aliphatic carbocycles. The smallest absolute Gasteiger partial charge is 0.223 e. The number of nitrogens with two attached hydrogens (primary N) is 1. The first-order chi connectivity index (χ1) is 7.78. The minimum absolute atomic E-state index is 0.00622. The maximum atomic E-state index is 11.9. The van der Waals surface area contributed by atoms with Crippen molar-refractivity contribution in [1.82, 2.24) is 5.32 Å². The van der Waals surface area contributed by atoms with Gasteiger partial charge in [0.25, 0.3) is 0 Å². The van der Waals surface area contributed by atoms with Gasteiger partial charge < -0.3 is 16.2 Å². The van der Waals surface area contributed by atoms with E-state index in [-0.39, 0.29) is 30.0 Å². The highest BCUT2D eigenvalue weighted by Gasteiger charge is 2.22. The summed E-state index contributed by atoms with van der Waals surface area (Å²) >= 11 is 0. The number of hydrogen-bond acceptors (Lipinski definition) is 3. The first-order valence-electron chi connectivity index (χ1n) is 6.47. The molecule has 0 aromatic carbocycles. The maximum absolute atomic E-state index is 11.9. The van der Waals surface area contributed by atoms with E-state index in [0.717, 1.165) is 19.3 Å². The fourth-order valence-electron chi connectivity index (χ4n) is 1.68. The van der Waals surface area contributed by atoms with Crippen molar-refractivity contribution in [3.63, 3.8) is 0 Å². The Bertz CT molecular complexity index is 227. The number of carbonyl (C=O) groups is 1. The second-order valence-corrected chi connectivity index (χ2v) is 5.66. The van der Waals surface area contributed by atoms with Gasteiger partial charge in [-0.3, -0.25) is 4.79 Å². The monoisotopic (exact) mass is 244 g/mol.